The van der Waals surface area contributed by atoms with Crippen molar-refractivity contribution in [2.45, 2.75) is 0 Å². The molecule has 0 aromatic carbocycles. The lowest BCUT2D eigenvalue weighted by Gasteiger charge is -2.13. The van der Waals surface area contributed by atoms with Crippen LogP contribution in [-0.4, -0.2) is 54.2 Å². The minimum Gasteiger partial charge on any atom is -0.395 e. The summed E-state index contributed by atoms with van der Waals surface area (Å²) >= 11 is 0. The number of rotatable bonds is 2. The van der Waals surface area contributed by atoms with Gasteiger partial charge in [-0.15, -0.1) is 0 Å². The van der Waals surface area contributed by atoms with Gasteiger partial charge in [0.15, 0.2) is 0 Å². The molecule has 4 nitrogen and oxygen atoms in total. The van der Waals surface area contributed by atoms with Crippen LogP contribution in [0, 0.1) is 0 Å². The molecule has 2 amide bonds. The molecule has 0 spiro atoms. The fourth-order valence-electron chi connectivity index (χ4n) is 1.03. The van der Waals surface area contributed by atoms with Crippen LogP contribution in [0.2, 0.25) is 0 Å². The summed E-state index contributed by atoms with van der Waals surface area (Å²) in [6.45, 7) is 2.04. The van der Waals surface area contributed by atoms with Gasteiger partial charge in [0.05, 0.1) is 6.61 Å². The molecule has 58 valence electrons. The minimum atomic E-state index is 0.0223. The van der Waals surface area contributed by atoms with Crippen LogP contribution in [0.15, 0.2) is 0 Å². The molecule has 1 fully saturated rings. The first kappa shape index (κ1) is 7.34. The van der Waals surface area contributed by atoms with Gasteiger partial charge in [0.2, 0.25) is 0 Å². The van der Waals surface area contributed by atoms with E-state index in [0.29, 0.717) is 6.54 Å². The van der Waals surface area contributed by atoms with Crippen molar-refractivity contribution in [2.24, 2.45) is 0 Å². The number of hydrogen-bond acceptors (Lipinski definition) is 2. The molecule has 1 saturated heterocycles. The van der Waals surface area contributed by atoms with Crippen LogP contribution in [-0.2, 0) is 0 Å². The van der Waals surface area contributed by atoms with Gasteiger partial charge >= 0.3 is 6.03 Å². The maximum Gasteiger partial charge on any atom is 0.319 e. The summed E-state index contributed by atoms with van der Waals surface area (Å²) in [4.78, 5) is 14.3. The zero-order valence-electron chi connectivity index (χ0n) is 6.08. The van der Waals surface area contributed by atoms with Crippen molar-refractivity contribution in [3.05, 3.63) is 0 Å². The molecule has 0 saturated carbocycles. The molecule has 0 aromatic rings. The Morgan fingerprint density at radius 3 is 2.70 bits per heavy atom. The average Bonchev–Trinajstić information content (AvgIpc) is 2.20. The number of aliphatic hydroxyl groups is 1. The quantitative estimate of drug-likeness (QED) is 0.559. The molecule has 0 aliphatic carbocycles. The third-order valence-corrected chi connectivity index (χ3v) is 1.67. The average molecular weight is 144 g/mol. The van der Waals surface area contributed by atoms with Gasteiger partial charge in [0, 0.05) is 26.7 Å². The van der Waals surface area contributed by atoms with E-state index in [1.54, 1.807) is 16.8 Å². The lowest BCUT2D eigenvalue weighted by atomic mass is 10.5. The van der Waals surface area contributed by atoms with Crippen molar-refractivity contribution in [1.29, 1.82) is 0 Å². The van der Waals surface area contributed by atoms with Crippen LogP contribution < -0.4 is 0 Å². The molecule has 4 heteroatoms. The molecule has 0 aromatic heterocycles. The van der Waals surface area contributed by atoms with E-state index >= 15 is 0 Å². The van der Waals surface area contributed by atoms with Gasteiger partial charge < -0.3 is 14.9 Å². The van der Waals surface area contributed by atoms with E-state index in [4.69, 9.17) is 5.11 Å². The summed E-state index contributed by atoms with van der Waals surface area (Å²) in [6.07, 6.45) is 0. The molecule has 10 heavy (non-hydrogen) atoms. The van der Waals surface area contributed by atoms with Crippen molar-refractivity contribution < 1.29 is 9.90 Å². The topological polar surface area (TPSA) is 43.8 Å². The minimum absolute atomic E-state index is 0.0223. The number of carbonyl (C=O) groups excluding carboxylic acids is 1. The number of hydrogen-bond donors (Lipinski definition) is 1. The van der Waals surface area contributed by atoms with E-state index in [2.05, 4.69) is 0 Å². The summed E-state index contributed by atoms with van der Waals surface area (Å²) in [5.74, 6) is 0. The Labute approximate surface area is 60.0 Å². The number of aliphatic hydroxyl groups excluding tert-OH is 1. The molecule has 1 N–H and O–H groups in total. The zero-order chi connectivity index (χ0) is 7.56. The highest BCUT2D eigenvalue weighted by atomic mass is 16.3. The second-order valence-electron chi connectivity index (χ2n) is 2.41. The molecular weight excluding hydrogens is 132 g/mol. The van der Waals surface area contributed by atoms with Crippen molar-refractivity contribution in [1.82, 2.24) is 9.80 Å². The van der Waals surface area contributed by atoms with E-state index in [1.165, 1.54) is 0 Å². The van der Waals surface area contributed by atoms with Crippen molar-refractivity contribution in [3.8, 4) is 0 Å². The molecule has 1 aliphatic heterocycles. The molecule has 0 radical (unpaired) electrons. The van der Waals surface area contributed by atoms with Crippen LogP contribution in [0.25, 0.3) is 0 Å². The van der Waals surface area contributed by atoms with E-state index in [9.17, 15) is 4.79 Å². The lowest BCUT2D eigenvalue weighted by Crippen LogP contribution is -2.31. The Balaban J connectivity index is 2.41. The highest BCUT2D eigenvalue weighted by molar-refractivity contribution is 5.76. The summed E-state index contributed by atoms with van der Waals surface area (Å²) in [5, 5.41) is 8.52. The van der Waals surface area contributed by atoms with E-state index in [-0.39, 0.29) is 12.6 Å². The lowest BCUT2D eigenvalue weighted by molar-refractivity contribution is 0.183. The number of β-amino-alcohol motifs (C(OH)–C–C–N with tert-alkyl or cyclic N) is 1. The Morgan fingerprint density at radius 2 is 2.30 bits per heavy atom. The summed E-state index contributed by atoms with van der Waals surface area (Å²) < 4.78 is 0. The Morgan fingerprint density at radius 1 is 1.60 bits per heavy atom. The highest BCUT2D eigenvalue weighted by Gasteiger charge is 2.23. The van der Waals surface area contributed by atoms with E-state index < -0.39 is 0 Å². The molecule has 0 bridgehead atoms. The number of nitrogens with zero attached hydrogens (tertiary/aromatic N) is 2. The number of amides is 2. The Hall–Kier alpha value is -0.770. The molecule has 1 rings (SSSR count). The van der Waals surface area contributed by atoms with Gasteiger partial charge in [-0.2, -0.15) is 0 Å². The van der Waals surface area contributed by atoms with Gasteiger partial charge in [-0.25, -0.2) is 4.79 Å². The smallest absolute Gasteiger partial charge is 0.319 e. The monoisotopic (exact) mass is 144 g/mol. The van der Waals surface area contributed by atoms with E-state index in [0.717, 1.165) is 13.1 Å². The van der Waals surface area contributed by atoms with Gasteiger partial charge in [0.25, 0.3) is 0 Å². The first-order valence-corrected chi connectivity index (χ1v) is 3.36. The van der Waals surface area contributed by atoms with Crippen LogP contribution >= 0.6 is 0 Å². The third-order valence-electron chi connectivity index (χ3n) is 1.67. The van der Waals surface area contributed by atoms with E-state index in [1.807, 2.05) is 0 Å². The van der Waals surface area contributed by atoms with Gasteiger partial charge in [-0.1, -0.05) is 0 Å². The highest BCUT2D eigenvalue weighted by Crippen LogP contribution is 2.03. The standard InChI is InChI=1S/C6H12N2O2/c1-7-2-3-8(4-5-9)6(7)10/h9H,2-5H2,1H3. The zero-order valence-corrected chi connectivity index (χ0v) is 6.08. The Kier molecular flexibility index (Phi) is 2.11. The maximum atomic E-state index is 11.0. The summed E-state index contributed by atoms with van der Waals surface area (Å²) in [7, 11) is 1.76. The van der Waals surface area contributed by atoms with Crippen LogP contribution in [0.3, 0.4) is 0 Å². The Bertz CT molecular complexity index is 136. The second-order valence-corrected chi connectivity index (χ2v) is 2.41. The predicted molar refractivity (Wildman–Crippen MR) is 36.7 cm³/mol. The molecular formula is C6H12N2O2. The van der Waals surface area contributed by atoms with Crippen LogP contribution in [0.4, 0.5) is 4.79 Å². The molecule has 0 unspecified atom stereocenters. The van der Waals surface area contributed by atoms with Crippen molar-refractivity contribution >= 4 is 6.03 Å². The van der Waals surface area contributed by atoms with Gasteiger partial charge in [-0.3, -0.25) is 0 Å². The number of likely N-dealkylation sites (N-methyl/N-ethyl adjacent to an activating group) is 1. The van der Waals surface area contributed by atoms with Gasteiger partial charge in [-0.05, 0) is 0 Å². The largest absolute Gasteiger partial charge is 0.395 e. The van der Waals surface area contributed by atoms with Crippen LogP contribution in [0.5, 0.6) is 0 Å². The van der Waals surface area contributed by atoms with Crippen molar-refractivity contribution in [3.63, 3.8) is 0 Å². The normalized spacial score (nSPS) is 18.8. The van der Waals surface area contributed by atoms with Gasteiger partial charge in [0.1, 0.15) is 0 Å². The summed E-state index contributed by atoms with van der Waals surface area (Å²) in [6, 6.07) is 0.0223. The fraction of sp³-hybridized carbons (Fsp3) is 0.833. The first-order valence-electron chi connectivity index (χ1n) is 3.36. The number of urea groups is 1. The number of carbonyl (C=O) groups is 1. The third kappa shape index (κ3) is 1.21. The maximum absolute atomic E-state index is 11.0. The fourth-order valence-corrected chi connectivity index (χ4v) is 1.03. The first-order chi connectivity index (χ1) is 4.75. The van der Waals surface area contributed by atoms with Crippen molar-refractivity contribution in [2.75, 3.05) is 33.3 Å². The molecule has 1 aliphatic rings. The van der Waals surface area contributed by atoms with Crippen LogP contribution in [0.1, 0.15) is 0 Å². The second kappa shape index (κ2) is 2.88. The SMILES string of the molecule is CN1CCN(CCO)C1=O. The molecule has 1 heterocycles. The predicted octanol–water partition coefficient (Wildman–Crippen LogP) is -0.654. The molecule has 0 atom stereocenters. The summed E-state index contributed by atoms with van der Waals surface area (Å²) in [5.41, 5.74) is 0.